The van der Waals surface area contributed by atoms with Gasteiger partial charge < -0.3 is 31.0 Å². The number of amides is 1. The number of benzene rings is 1. The van der Waals surface area contributed by atoms with Crippen LogP contribution in [0.4, 0.5) is 17.5 Å². The fraction of sp³-hybridized carbons (Fsp3) is 0.375. The van der Waals surface area contributed by atoms with Gasteiger partial charge in [0, 0.05) is 68.5 Å². The maximum Gasteiger partial charge on any atom is 0.318 e. The van der Waals surface area contributed by atoms with Crippen LogP contribution >= 0.6 is 0 Å². The van der Waals surface area contributed by atoms with Gasteiger partial charge in [-0.3, -0.25) is 9.69 Å². The number of hydrogen-bond donors (Lipinski definition) is 4. The van der Waals surface area contributed by atoms with Gasteiger partial charge in [0.25, 0.3) is 5.95 Å². The van der Waals surface area contributed by atoms with Crippen LogP contribution < -0.4 is 26.0 Å². The molecule has 0 aliphatic carbocycles. The molecule has 4 aromatic rings. The highest BCUT2D eigenvalue weighted by atomic mass is 16.5. The highest BCUT2D eigenvalue weighted by molar-refractivity contribution is 6.06. The second-order valence-corrected chi connectivity index (χ2v) is 11.4. The number of nitrogens with one attached hydrogen (secondary N) is 3. The van der Waals surface area contributed by atoms with Crippen LogP contribution in [0.5, 0.6) is 6.01 Å². The average Bonchev–Trinajstić information content (AvgIpc) is 3.80. The van der Waals surface area contributed by atoms with Crippen LogP contribution in [0, 0.1) is 6.92 Å². The Morgan fingerprint density at radius 1 is 1.20 bits per heavy atom. The van der Waals surface area contributed by atoms with Gasteiger partial charge >= 0.3 is 6.01 Å². The maximum atomic E-state index is 13.2. The van der Waals surface area contributed by atoms with Crippen molar-refractivity contribution in [3.05, 3.63) is 60.2 Å². The Balaban J connectivity index is 1.10. The van der Waals surface area contributed by atoms with Crippen LogP contribution in [-0.4, -0.2) is 87.4 Å². The summed E-state index contributed by atoms with van der Waals surface area (Å²) in [6.45, 7) is 7.52. The van der Waals surface area contributed by atoms with E-state index in [0.29, 0.717) is 24.1 Å². The molecule has 3 aromatic heterocycles. The molecule has 13 heteroatoms. The molecule has 2 aliphatic heterocycles. The average molecular weight is 610 g/mol. The first-order valence-corrected chi connectivity index (χ1v) is 15.3. The highest BCUT2D eigenvalue weighted by Crippen LogP contribution is 2.33. The van der Waals surface area contributed by atoms with Gasteiger partial charge in [-0.2, -0.15) is 9.98 Å². The van der Waals surface area contributed by atoms with Crippen molar-refractivity contribution in [1.29, 1.82) is 0 Å². The van der Waals surface area contributed by atoms with Crippen molar-refractivity contribution in [3.63, 3.8) is 0 Å². The fourth-order valence-corrected chi connectivity index (χ4v) is 5.75. The fourth-order valence-electron chi connectivity index (χ4n) is 5.75. The molecular weight excluding hydrogens is 570 g/mol. The number of likely N-dealkylation sites (tertiary alicyclic amines) is 1. The van der Waals surface area contributed by atoms with Crippen LogP contribution in [0.2, 0.25) is 0 Å². The number of nitrogens with zero attached hydrogens (tertiary/aromatic N) is 7. The van der Waals surface area contributed by atoms with Gasteiger partial charge in [-0.1, -0.05) is 12.1 Å². The highest BCUT2D eigenvalue weighted by Gasteiger charge is 2.27. The number of fused-ring (bicyclic) bond motifs is 1. The lowest BCUT2D eigenvalue weighted by Crippen LogP contribution is -2.33. The third-order valence-corrected chi connectivity index (χ3v) is 8.11. The Kier molecular flexibility index (Phi) is 8.87. The van der Waals surface area contributed by atoms with Crippen molar-refractivity contribution in [2.45, 2.75) is 39.2 Å². The second kappa shape index (κ2) is 13.3. The molecule has 0 bridgehead atoms. The summed E-state index contributed by atoms with van der Waals surface area (Å²) in [5.41, 5.74) is 11.0. The molecule has 1 aromatic carbocycles. The van der Waals surface area contributed by atoms with Crippen LogP contribution in [0.15, 0.2) is 59.6 Å². The first-order chi connectivity index (χ1) is 21.9. The lowest BCUT2D eigenvalue weighted by atomic mass is 10.1. The number of ether oxygens (including phenoxy) is 1. The molecule has 0 unspecified atom stereocenters. The van der Waals surface area contributed by atoms with Gasteiger partial charge in [0.15, 0.2) is 0 Å². The van der Waals surface area contributed by atoms with Gasteiger partial charge in [0.05, 0.1) is 23.4 Å². The summed E-state index contributed by atoms with van der Waals surface area (Å²) in [7, 11) is 1.82. The summed E-state index contributed by atoms with van der Waals surface area (Å²) in [5, 5.41) is 7.03. The summed E-state index contributed by atoms with van der Waals surface area (Å²) in [6, 6.07) is 8.13. The molecule has 5 heterocycles. The number of allylic oxidation sites excluding steroid dienone is 1. The Labute approximate surface area is 262 Å². The van der Waals surface area contributed by atoms with Crippen LogP contribution in [0.25, 0.3) is 22.2 Å². The third-order valence-electron chi connectivity index (χ3n) is 8.11. The Morgan fingerprint density at radius 3 is 2.87 bits per heavy atom. The number of H-pyrrole nitrogens is 1. The molecule has 6 rings (SSSR count). The summed E-state index contributed by atoms with van der Waals surface area (Å²) < 4.78 is 6.11. The van der Waals surface area contributed by atoms with E-state index in [-0.39, 0.29) is 24.5 Å². The van der Waals surface area contributed by atoms with Crippen molar-refractivity contribution >= 4 is 40.1 Å². The monoisotopic (exact) mass is 609 g/mol. The second-order valence-electron chi connectivity index (χ2n) is 11.4. The minimum atomic E-state index is -0.0955. The third kappa shape index (κ3) is 7.04. The first-order valence-electron chi connectivity index (χ1n) is 15.3. The van der Waals surface area contributed by atoms with Gasteiger partial charge in [0.1, 0.15) is 17.8 Å². The summed E-state index contributed by atoms with van der Waals surface area (Å²) in [4.78, 5) is 43.2. The van der Waals surface area contributed by atoms with E-state index in [2.05, 4.69) is 45.4 Å². The van der Waals surface area contributed by atoms with Crippen LogP contribution in [0.3, 0.4) is 0 Å². The number of hydrogen-bond acceptors (Lipinski definition) is 10. The Hall–Kier alpha value is -5.04. The standard InChI is InChI=1S/C32H39N11O2/c1-20-16-37-31(39-26(33)15-21(2)34-3)41-29(20)24-17-36-30-23(24)7-6-8-25(30)38-28(44)19-42-14-10-22(18-42)45-32-35-11-9-27(40-32)43-12-4-5-13-43/h6-9,11,15-17,22,34,36H,4-5,10,12-14,18-19H2,1-3H3,(H,38,44)(H2,33,37,39,41)/b21-15-/t22-/m0/s1. The molecule has 45 heavy (non-hydrogen) atoms. The van der Waals surface area contributed by atoms with E-state index in [1.807, 2.05) is 51.4 Å². The van der Waals surface area contributed by atoms with E-state index in [1.165, 1.54) is 12.8 Å². The van der Waals surface area contributed by atoms with Crippen molar-refractivity contribution in [1.82, 2.24) is 35.1 Å². The topological polar surface area (TPSA) is 163 Å². The molecule has 2 saturated heterocycles. The molecule has 1 atom stereocenters. The molecule has 2 aliphatic rings. The van der Waals surface area contributed by atoms with Crippen LogP contribution in [0.1, 0.15) is 31.7 Å². The summed E-state index contributed by atoms with van der Waals surface area (Å²) in [5.74, 6) is 1.39. The summed E-state index contributed by atoms with van der Waals surface area (Å²) in [6.07, 6.45) is 10.2. The minimum absolute atomic E-state index is 0.0648. The number of aryl methyl sites for hydroxylation is 1. The van der Waals surface area contributed by atoms with Gasteiger partial charge in [-0.05, 0) is 56.9 Å². The number of nitrogens with two attached hydrogens (primary N) is 1. The molecule has 13 nitrogen and oxygen atoms in total. The predicted molar refractivity (Wildman–Crippen MR) is 176 cm³/mol. The number of amidine groups is 1. The Morgan fingerprint density at radius 2 is 2.04 bits per heavy atom. The summed E-state index contributed by atoms with van der Waals surface area (Å²) >= 11 is 0. The van der Waals surface area contributed by atoms with Crippen LogP contribution in [-0.2, 0) is 4.79 Å². The van der Waals surface area contributed by atoms with Crippen molar-refractivity contribution in [2.24, 2.45) is 10.7 Å². The molecule has 0 spiro atoms. The van der Waals surface area contributed by atoms with E-state index < -0.39 is 0 Å². The molecule has 2 fully saturated rings. The predicted octanol–water partition coefficient (Wildman–Crippen LogP) is 3.53. The molecule has 234 valence electrons. The van der Waals surface area contributed by atoms with E-state index in [9.17, 15) is 4.79 Å². The zero-order valence-corrected chi connectivity index (χ0v) is 25.9. The number of rotatable bonds is 10. The number of para-hydroxylation sites is 1. The zero-order valence-electron chi connectivity index (χ0n) is 25.9. The molecular formula is C32H39N11O2. The lowest BCUT2D eigenvalue weighted by molar-refractivity contribution is -0.117. The minimum Gasteiger partial charge on any atom is -0.459 e. The van der Waals surface area contributed by atoms with Crippen molar-refractivity contribution in [2.75, 3.05) is 50.0 Å². The van der Waals surface area contributed by atoms with E-state index in [0.717, 1.165) is 65.3 Å². The molecule has 0 radical (unpaired) electrons. The van der Waals surface area contributed by atoms with E-state index >= 15 is 0 Å². The maximum absolute atomic E-state index is 13.2. The largest absolute Gasteiger partial charge is 0.459 e. The number of carbonyl (C=O) groups is 1. The lowest BCUT2D eigenvalue weighted by Gasteiger charge is -2.18. The normalized spacial score (nSPS) is 17.7. The zero-order chi connectivity index (χ0) is 31.3. The molecule has 1 amide bonds. The van der Waals surface area contributed by atoms with Gasteiger partial charge in [-0.15, -0.1) is 0 Å². The van der Waals surface area contributed by atoms with E-state index in [1.54, 1.807) is 18.5 Å². The Bertz CT molecular complexity index is 1740. The van der Waals surface area contributed by atoms with Crippen molar-refractivity contribution < 1.29 is 9.53 Å². The number of carbonyl (C=O) groups excluding carboxylic acids is 1. The number of aromatic nitrogens is 5. The smallest absolute Gasteiger partial charge is 0.318 e. The van der Waals surface area contributed by atoms with Gasteiger partial charge in [0.2, 0.25) is 5.91 Å². The number of aliphatic imine (C=N–C) groups is 1. The molecule has 0 saturated carbocycles. The SMILES string of the molecule is CN/C(C)=C\C(N)=N/c1ncc(C)c(-c2c[nH]c3c(NC(=O)CN4CC[C@H](Oc5nccc(N6CCCC6)n5)C4)cccc23)n1. The molecule has 5 N–H and O–H groups in total. The van der Waals surface area contributed by atoms with E-state index in [4.69, 9.17) is 15.5 Å². The quantitative estimate of drug-likeness (QED) is 0.155. The number of aromatic amines is 1. The number of anilines is 2. The first kappa shape index (κ1) is 30.0. The van der Waals surface area contributed by atoms with Gasteiger partial charge in [-0.25, -0.2) is 15.0 Å². The van der Waals surface area contributed by atoms with Crippen molar-refractivity contribution in [3.8, 4) is 17.3 Å².